The zero-order valence-corrected chi connectivity index (χ0v) is 12.2. The van der Waals surface area contributed by atoms with Crippen LogP contribution in [-0.4, -0.2) is 41.3 Å². The molecule has 0 saturated heterocycles. The van der Waals surface area contributed by atoms with Crippen molar-refractivity contribution in [1.82, 2.24) is 10.2 Å². The van der Waals surface area contributed by atoms with Crippen LogP contribution in [0.25, 0.3) is 0 Å². The molecule has 0 aromatic carbocycles. The molecule has 2 unspecified atom stereocenters. The maximum atomic E-state index is 12.1. The van der Waals surface area contributed by atoms with E-state index in [2.05, 4.69) is 12.2 Å². The molecular formula is C14H28N2O2. The third-order valence-corrected chi connectivity index (χ3v) is 3.71. The largest absolute Gasteiger partial charge is 0.389 e. The minimum absolute atomic E-state index is 0.0672. The smallest absolute Gasteiger partial charge is 0.317 e. The lowest BCUT2D eigenvalue weighted by Crippen LogP contribution is -2.50. The number of carbonyl (C=O) groups excluding carboxylic acids is 1. The molecule has 106 valence electrons. The second kappa shape index (κ2) is 6.41. The van der Waals surface area contributed by atoms with Crippen LogP contribution in [0.1, 0.15) is 52.9 Å². The Labute approximate surface area is 111 Å². The standard InChI is InChI=1S/C14H28N2O2/c1-5-11-8-6-7-9-12(11)15-13(17)16(4)10-14(2,3)18/h11-12,18H,5-10H2,1-4H3,(H,15,17). The van der Waals surface area contributed by atoms with Crippen molar-refractivity contribution in [2.24, 2.45) is 5.92 Å². The van der Waals surface area contributed by atoms with Gasteiger partial charge in [0.2, 0.25) is 0 Å². The Balaban J connectivity index is 2.47. The molecular weight excluding hydrogens is 228 g/mol. The van der Waals surface area contributed by atoms with Crippen LogP contribution in [-0.2, 0) is 0 Å². The molecule has 2 atom stereocenters. The van der Waals surface area contributed by atoms with Gasteiger partial charge in [-0.1, -0.05) is 26.2 Å². The Hall–Kier alpha value is -0.770. The predicted octanol–water partition coefficient (Wildman–Crippen LogP) is 2.37. The van der Waals surface area contributed by atoms with Crippen LogP contribution in [0.4, 0.5) is 4.79 Å². The number of urea groups is 1. The number of amides is 2. The summed E-state index contributed by atoms with van der Waals surface area (Å²) >= 11 is 0. The number of hydrogen-bond donors (Lipinski definition) is 2. The molecule has 2 N–H and O–H groups in total. The average Bonchev–Trinajstić information content (AvgIpc) is 2.27. The van der Waals surface area contributed by atoms with Gasteiger partial charge in [0.1, 0.15) is 0 Å². The highest BCUT2D eigenvalue weighted by Gasteiger charge is 2.27. The molecule has 0 heterocycles. The lowest BCUT2D eigenvalue weighted by Gasteiger charge is -2.34. The highest BCUT2D eigenvalue weighted by molar-refractivity contribution is 5.74. The van der Waals surface area contributed by atoms with Gasteiger partial charge in [0.15, 0.2) is 0 Å². The molecule has 18 heavy (non-hydrogen) atoms. The van der Waals surface area contributed by atoms with Crippen molar-refractivity contribution >= 4 is 6.03 Å². The molecule has 1 fully saturated rings. The molecule has 0 aromatic rings. The van der Waals surface area contributed by atoms with Crippen molar-refractivity contribution in [2.75, 3.05) is 13.6 Å². The topological polar surface area (TPSA) is 52.6 Å². The quantitative estimate of drug-likeness (QED) is 0.811. The van der Waals surface area contributed by atoms with Crippen molar-refractivity contribution < 1.29 is 9.90 Å². The summed E-state index contributed by atoms with van der Waals surface area (Å²) in [6.07, 6.45) is 5.92. The molecule has 0 bridgehead atoms. The van der Waals surface area contributed by atoms with Crippen molar-refractivity contribution in [3.8, 4) is 0 Å². The van der Waals surface area contributed by atoms with Crippen LogP contribution in [0.5, 0.6) is 0 Å². The number of aliphatic hydroxyl groups is 1. The number of rotatable bonds is 4. The van der Waals surface area contributed by atoms with Crippen molar-refractivity contribution in [3.05, 3.63) is 0 Å². The fourth-order valence-electron chi connectivity index (χ4n) is 2.81. The first-order valence-corrected chi connectivity index (χ1v) is 7.07. The molecule has 0 aliphatic heterocycles. The number of likely N-dealkylation sites (N-methyl/N-ethyl adjacent to an activating group) is 1. The summed E-state index contributed by atoms with van der Waals surface area (Å²) in [4.78, 5) is 13.6. The molecule has 4 heteroatoms. The van der Waals surface area contributed by atoms with Crippen LogP contribution in [0, 0.1) is 5.92 Å². The molecule has 4 nitrogen and oxygen atoms in total. The number of carbonyl (C=O) groups is 1. The van der Waals surface area contributed by atoms with E-state index in [1.807, 2.05) is 0 Å². The summed E-state index contributed by atoms with van der Waals surface area (Å²) in [5.41, 5.74) is -0.844. The Morgan fingerprint density at radius 1 is 1.39 bits per heavy atom. The summed E-state index contributed by atoms with van der Waals surface area (Å²) in [5.74, 6) is 0.609. The zero-order valence-electron chi connectivity index (χ0n) is 12.2. The first kappa shape index (κ1) is 15.3. The van der Waals surface area contributed by atoms with Gasteiger partial charge < -0.3 is 15.3 Å². The van der Waals surface area contributed by atoms with E-state index in [-0.39, 0.29) is 6.03 Å². The van der Waals surface area contributed by atoms with Gasteiger partial charge in [0, 0.05) is 13.1 Å². The van der Waals surface area contributed by atoms with Gasteiger partial charge in [-0.25, -0.2) is 4.79 Å². The summed E-state index contributed by atoms with van der Waals surface area (Å²) in [6, 6.07) is 0.239. The van der Waals surface area contributed by atoms with Crippen molar-refractivity contribution in [1.29, 1.82) is 0 Å². The predicted molar refractivity (Wildman–Crippen MR) is 73.5 cm³/mol. The summed E-state index contributed by atoms with van der Waals surface area (Å²) in [6.45, 7) is 5.97. The summed E-state index contributed by atoms with van der Waals surface area (Å²) in [5, 5.41) is 12.8. The average molecular weight is 256 g/mol. The van der Waals surface area contributed by atoms with E-state index in [1.54, 1.807) is 25.8 Å². The molecule has 1 aliphatic carbocycles. The van der Waals surface area contributed by atoms with Crippen LogP contribution in [0.15, 0.2) is 0 Å². The van der Waals surface area contributed by atoms with Crippen LogP contribution < -0.4 is 5.32 Å². The van der Waals surface area contributed by atoms with Crippen molar-refractivity contribution in [3.63, 3.8) is 0 Å². The van der Waals surface area contributed by atoms with Crippen LogP contribution in [0.3, 0.4) is 0 Å². The Morgan fingerprint density at radius 3 is 2.56 bits per heavy atom. The van der Waals surface area contributed by atoms with Gasteiger partial charge in [0.25, 0.3) is 0 Å². The van der Waals surface area contributed by atoms with Gasteiger partial charge in [-0.05, 0) is 32.6 Å². The monoisotopic (exact) mass is 256 g/mol. The molecule has 0 spiro atoms. The highest BCUT2D eigenvalue weighted by atomic mass is 16.3. The molecule has 0 radical (unpaired) electrons. The van der Waals surface area contributed by atoms with Gasteiger partial charge in [-0.3, -0.25) is 0 Å². The van der Waals surface area contributed by atoms with Gasteiger partial charge >= 0.3 is 6.03 Å². The normalized spacial score (nSPS) is 24.7. The van der Waals surface area contributed by atoms with E-state index >= 15 is 0 Å². The SMILES string of the molecule is CCC1CCCCC1NC(=O)N(C)CC(C)(C)O. The minimum atomic E-state index is -0.844. The Bertz CT molecular complexity index is 273. The third kappa shape index (κ3) is 4.84. The lowest BCUT2D eigenvalue weighted by molar-refractivity contribution is 0.0520. The fourth-order valence-corrected chi connectivity index (χ4v) is 2.81. The van der Waals surface area contributed by atoms with Crippen molar-refractivity contribution in [2.45, 2.75) is 64.5 Å². The zero-order chi connectivity index (χ0) is 13.8. The lowest BCUT2D eigenvalue weighted by atomic mass is 9.83. The minimum Gasteiger partial charge on any atom is -0.389 e. The number of nitrogens with zero attached hydrogens (tertiary/aromatic N) is 1. The molecule has 1 saturated carbocycles. The van der Waals surface area contributed by atoms with Crippen LogP contribution >= 0.6 is 0 Å². The number of hydrogen-bond acceptors (Lipinski definition) is 2. The summed E-state index contributed by atoms with van der Waals surface area (Å²) < 4.78 is 0. The van der Waals surface area contributed by atoms with Crippen LogP contribution in [0.2, 0.25) is 0 Å². The molecule has 0 aromatic heterocycles. The summed E-state index contributed by atoms with van der Waals surface area (Å²) in [7, 11) is 1.73. The second-order valence-corrected chi connectivity index (χ2v) is 6.18. The van der Waals surface area contributed by atoms with Gasteiger partial charge in [-0.2, -0.15) is 0 Å². The fraction of sp³-hybridized carbons (Fsp3) is 0.929. The van der Waals surface area contributed by atoms with E-state index in [9.17, 15) is 9.90 Å². The van der Waals surface area contributed by atoms with E-state index < -0.39 is 5.60 Å². The van der Waals surface area contributed by atoms with E-state index in [4.69, 9.17) is 0 Å². The van der Waals surface area contributed by atoms with Gasteiger partial charge in [0.05, 0.1) is 12.1 Å². The first-order chi connectivity index (χ1) is 8.33. The molecule has 2 amide bonds. The molecule has 1 rings (SSSR count). The highest BCUT2D eigenvalue weighted by Crippen LogP contribution is 2.26. The van der Waals surface area contributed by atoms with Gasteiger partial charge in [-0.15, -0.1) is 0 Å². The van der Waals surface area contributed by atoms with E-state index in [0.29, 0.717) is 18.5 Å². The number of nitrogens with one attached hydrogen (secondary N) is 1. The maximum Gasteiger partial charge on any atom is 0.317 e. The van der Waals surface area contributed by atoms with E-state index in [0.717, 1.165) is 12.8 Å². The molecule has 1 aliphatic rings. The third-order valence-electron chi connectivity index (χ3n) is 3.71. The maximum absolute atomic E-state index is 12.1. The van der Waals surface area contributed by atoms with E-state index in [1.165, 1.54) is 19.3 Å². The Kier molecular flexibility index (Phi) is 5.45. The Morgan fingerprint density at radius 2 is 2.00 bits per heavy atom. The first-order valence-electron chi connectivity index (χ1n) is 7.07. The second-order valence-electron chi connectivity index (χ2n) is 6.18.